The van der Waals surface area contributed by atoms with Crippen molar-refractivity contribution in [1.82, 2.24) is 15.2 Å². The molecule has 1 aromatic heterocycles. The van der Waals surface area contributed by atoms with E-state index >= 15 is 0 Å². The molecule has 0 radical (unpaired) electrons. The van der Waals surface area contributed by atoms with Crippen LogP contribution in [0.15, 0.2) is 41.0 Å². The highest BCUT2D eigenvalue weighted by atomic mass is 35.5. The maximum atomic E-state index is 12.6. The lowest BCUT2D eigenvalue weighted by molar-refractivity contribution is -0.131. The van der Waals surface area contributed by atoms with E-state index in [1.807, 2.05) is 44.2 Å². The SMILES string of the molecule is CCNC(=O)c1coc(CN(CC)C(=O)C(Cl)c2ccccc2)n1. The molecule has 2 rings (SSSR count). The lowest BCUT2D eigenvalue weighted by Gasteiger charge is -2.22. The van der Waals surface area contributed by atoms with E-state index < -0.39 is 5.38 Å². The first-order valence-corrected chi connectivity index (χ1v) is 8.20. The molecule has 0 aliphatic carbocycles. The van der Waals surface area contributed by atoms with Gasteiger partial charge < -0.3 is 14.6 Å². The van der Waals surface area contributed by atoms with Gasteiger partial charge in [-0.2, -0.15) is 0 Å². The first-order valence-electron chi connectivity index (χ1n) is 7.77. The number of halogens is 1. The number of nitrogens with one attached hydrogen (secondary N) is 1. The van der Waals surface area contributed by atoms with Gasteiger partial charge in [-0.15, -0.1) is 11.6 Å². The van der Waals surface area contributed by atoms with Crippen LogP contribution in [0.2, 0.25) is 0 Å². The fourth-order valence-corrected chi connectivity index (χ4v) is 2.46. The third-order valence-electron chi connectivity index (χ3n) is 3.45. The molecular formula is C17H20ClN3O3. The van der Waals surface area contributed by atoms with E-state index in [2.05, 4.69) is 10.3 Å². The van der Waals surface area contributed by atoms with Gasteiger partial charge in [-0.25, -0.2) is 4.98 Å². The summed E-state index contributed by atoms with van der Waals surface area (Å²) in [6.07, 6.45) is 1.29. The second-order valence-corrected chi connectivity index (χ2v) is 5.55. The monoisotopic (exact) mass is 349 g/mol. The molecular weight excluding hydrogens is 330 g/mol. The fourth-order valence-electron chi connectivity index (χ4n) is 2.17. The molecule has 0 aliphatic heterocycles. The molecule has 0 spiro atoms. The highest BCUT2D eigenvalue weighted by molar-refractivity contribution is 6.30. The molecule has 1 atom stereocenters. The second kappa shape index (κ2) is 8.49. The average molecular weight is 350 g/mol. The highest BCUT2D eigenvalue weighted by Crippen LogP contribution is 2.23. The number of amides is 2. The van der Waals surface area contributed by atoms with Crippen molar-refractivity contribution in [3.63, 3.8) is 0 Å². The third-order valence-corrected chi connectivity index (χ3v) is 3.89. The zero-order valence-corrected chi connectivity index (χ0v) is 14.4. The molecule has 6 nitrogen and oxygen atoms in total. The summed E-state index contributed by atoms with van der Waals surface area (Å²) in [5, 5.41) is 1.87. The number of oxazole rings is 1. The Morgan fingerprint density at radius 1 is 1.29 bits per heavy atom. The van der Waals surface area contributed by atoms with Crippen molar-refractivity contribution in [2.24, 2.45) is 0 Å². The van der Waals surface area contributed by atoms with Crippen molar-refractivity contribution in [1.29, 1.82) is 0 Å². The van der Waals surface area contributed by atoms with Crippen LogP contribution < -0.4 is 5.32 Å². The number of carbonyl (C=O) groups is 2. The number of rotatable bonds is 7. The minimum absolute atomic E-state index is 0.158. The Morgan fingerprint density at radius 3 is 2.62 bits per heavy atom. The Labute approximate surface area is 145 Å². The smallest absolute Gasteiger partial charge is 0.273 e. The van der Waals surface area contributed by atoms with Gasteiger partial charge in [0, 0.05) is 13.1 Å². The van der Waals surface area contributed by atoms with Crippen molar-refractivity contribution in [2.75, 3.05) is 13.1 Å². The Bertz CT molecular complexity index is 687. The average Bonchev–Trinajstić information content (AvgIpc) is 3.08. The van der Waals surface area contributed by atoms with Crippen LogP contribution in [0.25, 0.3) is 0 Å². The van der Waals surface area contributed by atoms with Crippen molar-refractivity contribution >= 4 is 23.4 Å². The van der Waals surface area contributed by atoms with Crippen molar-refractivity contribution in [3.8, 4) is 0 Å². The maximum absolute atomic E-state index is 12.6. The summed E-state index contributed by atoms with van der Waals surface area (Å²) in [6.45, 7) is 4.78. The largest absolute Gasteiger partial charge is 0.446 e. The van der Waals surface area contributed by atoms with Crippen LogP contribution in [0.3, 0.4) is 0 Å². The lowest BCUT2D eigenvalue weighted by Crippen LogP contribution is -2.33. The van der Waals surface area contributed by atoms with Gasteiger partial charge >= 0.3 is 0 Å². The molecule has 2 amide bonds. The van der Waals surface area contributed by atoms with Gasteiger partial charge in [-0.05, 0) is 19.4 Å². The quantitative estimate of drug-likeness (QED) is 0.780. The molecule has 2 aromatic rings. The van der Waals surface area contributed by atoms with Crippen LogP contribution in [0.5, 0.6) is 0 Å². The maximum Gasteiger partial charge on any atom is 0.273 e. The number of carbonyl (C=O) groups excluding carboxylic acids is 2. The molecule has 0 fully saturated rings. The van der Waals surface area contributed by atoms with Gasteiger partial charge in [0.15, 0.2) is 5.69 Å². The van der Waals surface area contributed by atoms with Gasteiger partial charge in [0.25, 0.3) is 5.91 Å². The number of aromatic nitrogens is 1. The van der Waals surface area contributed by atoms with Gasteiger partial charge in [-0.3, -0.25) is 9.59 Å². The van der Waals surface area contributed by atoms with Gasteiger partial charge in [0.05, 0.1) is 6.54 Å². The normalized spacial score (nSPS) is 11.8. The molecule has 0 saturated carbocycles. The van der Waals surface area contributed by atoms with E-state index in [0.29, 0.717) is 19.0 Å². The molecule has 0 saturated heterocycles. The Kier molecular flexibility index (Phi) is 6.37. The molecule has 7 heteroatoms. The summed E-state index contributed by atoms with van der Waals surface area (Å²) < 4.78 is 5.29. The molecule has 0 bridgehead atoms. The summed E-state index contributed by atoms with van der Waals surface area (Å²) in [6, 6.07) is 9.15. The molecule has 1 N–H and O–H groups in total. The Morgan fingerprint density at radius 2 is 2.00 bits per heavy atom. The standard InChI is InChI=1S/C17H20ClN3O3/c1-3-19-16(22)13-11-24-14(20-13)10-21(4-2)17(23)15(18)12-8-6-5-7-9-12/h5-9,11,15H,3-4,10H2,1-2H3,(H,19,22). The minimum Gasteiger partial charge on any atom is -0.446 e. The van der Waals surface area contributed by atoms with E-state index in [1.54, 1.807) is 0 Å². The topological polar surface area (TPSA) is 75.4 Å². The van der Waals surface area contributed by atoms with Crippen molar-refractivity contribution in [2.45, 2.75) is 25.8 Å². The zero-order valence-electron chi connectivity index (χ0n) is 13.7. The number of hydrogen-bond donors (Lipinski definition) is 1. The molecule has 0 aliphatic rings. The molecule has 1 aromatic carbocycles. The number of likely N-dealkylation sites (N-methyl/N-ethyl adjacent to an activating group) is 1. The van der Waals surface area contributed by atoms with Gasteiger partial charge in [0.2, 0.25) is 11.8 Å². The Balaban J connectivity index is 2.06. The minimum atomic E-state index is -0.774. The fraction of sp³-hybridized carbons (Fsp3) is 0.353. The van der Waals surface area contributed by atoms with E-state index in [-0.39, 0.29) is 24.1 Å². The third kappa shape index (κ3) is 4.35. The number of alkyl halides is 1. The summed E-state index contributed by atoms with van der Waals surface area (Å²) >= 11 is 6.29. The first kappa shape index (κ1) is 18.0. The van der Waals surface area contributed by atoms with Crippen LogP contribution in [0.1, 0.15) is 41.2 Å². The summed E-state index contributed by atoms with van der Waals surface area (Å²) in [7, 11) is 0. The zero-order chi connectivity index (χ0) is 17.5. The van der Waals surface area contributed by atoms with Gasteiger partial charge in [0.1, 0.15) is 11.6 Å². The number of hydrogen-bond acceptors (Lipinski definition) is 4. The predicted octanol–water partition coefficient (Wildman–Crippen LogP) is 2.75. The first-order chi connectivity index (χ1) is 11.6. The van der Waals surface area contributed by atoms with E-state index in [0.717, 1.165) is 5.56 Å². The lowest BCUT2D eigenvalue weighted by atomic mass is 10.1. The Hall–Kier alpha value is -2.34. The van der Waals surface area contributed by atoms with Crippen LogP contribution in [-0.4, -0.2) is 34.8 Å². The van der Waals surface area contributed by atoms with E-state index in [9.17, 15) is 9.59 Å². The summed E-state index contributed by atoms with van der Waals surface area (Å²) in [5.41, 5.74) is 0.930. The van der Waals surface area contributed by atoms with Gasteiger partial charge in [-0.1, -0.05) is 30.3 Å². The van der Waals surface area contributed by atoms with Crippen LogP contribution >= 0.6 is 11.6 Å². The number of nitrogens with zero attached hydrogens (tertiary/aromatic N) is 2. The summed E-state index contributed by atoms with van der Waals surface area (Å²) in [4.78, 5) is 29.9. The van der Waals surface area contributed by atoms with Crippen LogP contribution in [0, 0.1) is 0 Å². The highest BCUT2D eigenvalue weighted by Gasteiger charge is 2.24. The van der Waals surface area contributed by atoms with E-state index in [1.165, 1.54) is 11.2 Å². The van der Waals surface area contributed by atoms with Crippen molar-refractivity contribution in [3.05, 3.63) is 53.7 Å². The second-order valence-electron chi connectivity index (χ2n) is 5.11. The predicted molar refractivity (Wildman–Crippen MR) is 90.6 cm³/mol. The summed E-state index contributed by atoms with van der Waals surface area (Å²) in [5.74, 6) is -0.243. The number of benzene rings is 1. The molecule has 24 heavy (non-hydrogen) atoms. The van der Waals surface area contributed by atoms with E-state index in [4.69, 9.17) is 16.0 Å². The molecule has 1 heterocycles. The molecule has 1 unspecified atom stereocenters. The van der Waals surface area contributed by atoms with Crippen LogP contribution in [-0.2, 0) is 11.3 Å². The van der Waals surface area contributed by atoms with Crippen LogP contribution in [0.4, 0.5) is 0 Å². The van der Waals surface area contributed by atoms with Crippen molar-refractivity contribution < 1.29 is 14.0 Å². The molecule has 128 valence electrons.